The van der Waals surface area contributed by atoms with E-state index in [-0.39, 0.29) is 0 Å². The van der Waals surface area contributed by atoms with Crippen molar-refractivity contribution in [2.45, 2.75) is 6.92 Å². The quantitative estimate of drug-likeness (QED) is 0.682. The molecule has 2 aromatic rings. The van der Waals surface area contributed by atoms with Gasteiger partial charge in [-0.3, -0.25) is 4.79 Å². The molecule has 0 amide bonds. The highest BCUT2D eigenvalue weighted by Gasteiger charge is 2.00. The number of rotatable bonds is 2. The number of aromatic nitrogens is 2. The van der Waals surface area contributed by atoms with Gasteiger partial charge in [0.15, 0.2) is 6.29 Å². The van der Waals surface area contributed by atoms with Crippen LogP contribution in [-0.4, -0.2) is 15.8 Å². The summed E-state index contributed by atoms with van der Waals surface area (Å²) in [5.41, 5.74) is 1.96. The molecule has 2 rings (SSSR count). The van der Waals surface area contributed by atoms with Crippen LogP contribution in [0.3, 0.4) is 0 Å². The van der Waals surface area contributed by atoms with Gasteiger partial charge in [-0.25, -0.2) is 4.98 Å². The number of thiophene rings is 1. The lowest BCUT2D eigenvalue weighted by Gasteiger charge is -1.93. The molecule has 0 unspecified atom stereocenters. The van der Waals surface area contributed by atoms with Gasteiger partial charge in [0.25, 0.3) is 0 Å². The first kappa shape index (κ1) is 8.19. The molecule has 0 aromatic carbocycles. The van der Waals surface area contributed by atoms with Crippen molar-refractivity contribution in [3.8, 4) is 5.69 Å². The lowest BCUT2D eigenvalue weighted by molar-refractivity contribution is 0.112. The average Bonchev–Trinajstić information content (AvgIpc) is 2.71. The number of nitrogens with zero attached hydrogens (tertiary/aromatic N) is 2. The molecule has 0 bridgehead atoms. The van der Waals surface area contributed by atoms with Crippen molar-refractivity contribution in [1.82, 2.24) is 9.55 Å². The van der Waals surface area contributed by atoms with Gasteiger partial charge in [-0.2, -0.15) is 0 Å². The first-order valence-corrected chi connectivity index (χ1v) is 4.72. The summed E-state index contributed by atoms with van der Waals surface area (Å²) in [6.07, 6.45) is 4.53. The number of aryl methyl sites for hydroxylation is 1. The SMILES string of the molecule is Cc1cn(-c2csc(C=O)c2)cn1. The predicted molar refractivity (Wildman–Crippen MR) is 51.6 cm³/mol. The fraction of sp³-hybridized carbons (Fsp3) is 0.111. The molecule has 0 aliphatic rings. The maximum Gasteiger partial charge on any atom is 0.160 e. The Balaban J connectivity index is 2.40. The Hall–Kier alpha value is -1.42. The van der Waals surface area contributed by atoms with Crippen LogP contribution in [0.5, 0.6) is 0 Å². The van der Waals surface area contributed by atoms with E-state index in [1.54, 1.807) is 6.33 Å². The topological polar surface area (TPSA) is 34.9 Å². The van der Waals surface area contributed by atoms with Gasteiger partial charge in [-0.1, -0.05) is 0 Å². The Morgan fingerprint density at radius 1 is 1.62 bits per heavy atom. The zero-order valence-corrected chi connectivity index (χ0v) is 7.91. The summed E-state index contributed by atoms with van der Waals surface area (Å²) in [6, 6.07) is 1.85. The zero-order chi connectivity index (χ0) is 9.26. The summed E-state index contributed by atoms with van der Waals surface area (Å²) in [7, 11) is 0. The Kier molecular flexibility index (Phi) is 1.98. The van der Waals surface area contributed by atoms with Crippen LogP contribution in [0.4, 0.5) is 0 Å². The van der Waals surface area contributed by atoms with Crippen molar-refractivity contribution in [2.24, 2.45) is 0 Å². The molecule has 0 radical (unpaired) electrons. The van der Waals surface area contributed by atoms with E-state index < -0.39 is 0 Å². The Morgan fingerprint density at radius 3 is 3.00 bits per heavy atom. The maximum absolute atomic E-state index is 10.4. The van der Waals surface area contributed by atoms with Crippen LogP contribution in [0.25, 0.3) is 5.69 Å². The molecule has 0 atom stereocenters. The molecule has 0 fully saturated rings. The second kappa shape index (κ2) is 3.14. The molecule has 66 valence electrons. The van der Waals surface area contributed by atoms with Crippen molar-refractivity contribution >= 4 is 17.6 Å². The third-order valence-electron chi connectivity index (χ3n) is 1.73. The van der Waals surface area contributed by atoms with E-state index in [4.69, 9.17) is 0 Å². The molecule has 0 N–H and O–H groups in total. The van der Waals surface area contributed by atoms with Gasteiger partial charge in [0, 0.05) is 11.6 Å². The molecule has 4 heteroatoms. The predicted octanol–water partition coefficient (Wildman–Crippen LogP) is 2.05. The highest BCUT2D eigenvalue weighted by Crippen LogP contribution is 2.16. The Labute approximate surface area is 79.7 Å². The number of carbonyl (C=O) groups is 1. The lowest BCUT2D eigenvalue weighted by atomic mass is 10.4. The van der Waals surface area contributed by atoms with Crippen LogP contribution < -0.4 is 0 Å². The second-order valence-corrected chi connectivity index (χ2v) is 3.69. The van der Waals surface area contributed by atoms with Crippen LogP contribution in [0.1, 0.15) is 15.4 Å². The Morgan fingerprint density at radius 2 is 2.46 bits per heavy atom. The largest absolute Gasteiger partial charge is 0.305 e. The van der Waals surface area contributed by atoms with E-state index in [9.17, 15) is 4.79 Å². The molecule has 13 heavy (non-hydrogen) atoms. The van der Waals surface area contributed by atoms with Crippen molar-refractivity contribution in [3.05, 3.63) is 34.5 Å². The van der Waals surface area contributed by atoms with Crippen LogP contribution in [0.15, 0.2) is 24.0 Å². The van der Waals surface area contributed by atoms with Crippen molar-refractivity contribution in [3.63, 3.8) is 0 Å². The minimum atomic E-state index is 0.737. The van der Waals surface area contributed by atoms with E-state index in [1.807, 2.05) is 29.1 Å². The van der Waals surface area contributed by atoms with Gasteiger partial charge < -0.3 is 4.57 Å². The van der Waals surface area contributed by atoms with Crippen molar-refractivity contribution in [1.29, 1.82) is 0 Å². The van der Waals surface area contributed by atoms with Crippen LogP contribution in [0, 0.1) is 6.92 Å². The monoisotopic (exact) mass is 192 g/mol. The van der Waals surface area contributed by atoms with Crippen molar-refractivity contribution < 1.29 is 4.79 Å². The smallest absolute Gasteiger partial charge is 0.160 e. The van der Waals surface area contributed by atoms with E-state index in [0.29, 0.717) is 0 Å². The number of carbonyl (C=O) groups excluding carboxylic acids is 1. The lowest BCUT2D eigenvalue weighted by Crippen LogP contribution is -1.85. The summed E-state index contributed by atoms with van der Waals surface area (Å²) in [5.74, 6) is 0. The number of aldehydes is 1. The molecule has 3 nitrogen and oxygen atoms in total. The van der Waals surface area contributed by atoms with Gasteiger partial charge in [-0.05, 0) is 13.0 Å². The zero-order valence-electron chi connectivity index (χ0n) is 7.10. The normalized spacial score (nSPS) is 10.2. The van der Waals surface area contributed by atoms with E-state index in [2.05, 4.69) is 4.98 Å². The average molecular weight is 192 g/mol. The molecule has 0 saturated carbocycles. The van der Waals surface area contributed by atoms with Crippen LogP contribution in [-0.2, 0) is 0 Å². The van der Waals surface area contributed by atoms with Gasteiger partial charge in [0.05, 0.1) is 22.6 Å². The summed E-state index contributed by atoms with van der Waals surface area (Å²) in [5, 5.41) is 1.94. The van der Waals surface area contributed by atoms with Gasteiger partial charge in [-0.15, -0.1) is 11.3 Å². The molecule has 2 heterocycles. The molecule has 0 aliphatic heterocycles. The number of hydrogen-bond acceptors (Lipinski definition) is 3. The number of hydrogen-bond donors (Lipinski definition) is 0. The van der Waals surface area contributed by atoms with E-state index in [0.717, 1.165) is 22.5 Å². The summed E-state index contributed by atoms with van der Waals surface area (Å²) in [4.78, 5) is 15.3. The standard InChI is InChI=1S/C9H8N2OS/c1-7-3-11(6-10-7)8-2-9(4-12)13-5-8/h2-6H,1H3. The second-order valence-electron chi connectivity index (χ2n) is 2.75. The van der Waals surface area contributed by atoms with Gasteiger partial charge in [0.2, 0.25) is 0 Å². The van der Waals surface area contributed by atoms with Crippen molar-refractivity contribution in [2.75, 3.05) is 0 Å². The molecular formula is C9H8N2OS. The highest BCUT2D eigenvalue weighted by atomic mass is 32.1. The fourth-order valence-corrected chi connectivity index (χ4v) is 1.79. The first-order chi connectivity index (χ1) is 6.29. The van der Waals surface area contributed by atoms with Gasteiger partial charge in [0.1, 0.15) is 0 Å². The minimum absolute atomic E-state index is 0.737. The molecular weight excluding hydrogens is 184 g/mol. The third-order valence-corrected chi connectivity index (χ3v) is 2.58. The third kappa shape index (κ3) is 1.53. The first-order valence-electron chi connectivity index (χ1n) is 3.84. The summed E-state index contributed by atoms with van der Waals surface area (Å²) in [6.45, 7) is 1.93. The minimum Gasteiger partial charge on any atom is -0.305 e. The van der Waals surface area contributed by atoms with Gasteiger partial charge >= 0.3 is 0 Å². The molecule has 0 saturated heterocycles. The highest BCUT2D eigenvalue weighted by molar-refractivity contribution is 7.12. The van der Waals surface area contributed by atoms with Crippen LogP contribution in [0.2, 0.25) is 0 Å². The van der Waals surface area contributed by atoms with Crippen LogP contribution >= 0.6 is 11.3 Å². The fourth-order valence-electron chi connectivity index (χ4n) is 1.10. The van der Waals surface area contributed by atoms with E-state index in [1.165, 1.54) is 11.3 Å². The maximum atomic E-state index is 10.4. The molecule has 2 aromatic heterocycles. The molecule has 0 aliphatic carbocycles. The summed E-state index contributed by atoms with van der Waals surface area (Å²) >= 11 is 1.44. The number of imidazole rings is 1. The molecule has 0 spiro atoms. The van der Waals surface area contributed by atoms with E-state index >= 15 is 0 Å². The summed E-state index contributed by atoms with van der Waals surface area (Å²) < 4.78 is 1.90. The Bertz CT molecular complexity index is 430.